The first-order valence-corrected chi connectivity index (χ1v) is 10.6. The first-order valence-electron chi connectivity index (χ1n) is 10.2. The number of hydrazine groups is 1. The summed E-state index contributed by atoms with van der Waals surface area (Å²) in [6.07, 6.45) is 14.1. The van der Waals surface area contributed by atoms with Crippen molar-refractivity contribution in [3.8, 4) is 0 Å². The minimum absolute atomic E-state index is 0.343. The van der Waals surface area contributed by atoms with E-state index in [0.29, 0.717) is 10.7 Å². The molecule has 0 aliphatic carbocycles. The van der Waals surface area contributed by atoms with E-state index in [-0.39, 0.29) is 0 Å². The number of benzene rings is 1. The van der Waals surface area contributed by atoms with Crippen LogP contribution < -0.4 is 10.9 Å². The van der Waals surface area contributed by atoms with Gasteiger partial charge in [0.05, 0.1) is 0 Å². The van der Waals surface area contributed by atoms with Crippen LogP contribution in [0.2, 0.25) is 5.02 Å². The number of aromatic amines is 1. The SMILES string of the molecule is CCCCCCN1C=CC=C(/C=C/C(=O)NNC(=O)c2cc3cc(Cl)ccc3[nH]2)C1. The van der Waals surface area contributed by atoms with Gasteiger partial charge >= 0.3 is 0 Å². The van der Waals surface area contributed by atoms with E-state index in [0.717, 1.165) is 29.6 Å². The van der Waals surface area contributed by atoms with Crippen LogP contribution in [-0.2, 0) is 4.79 Å². The van der Waals surface area contributed by atoms with Gasteiger partial charge in [-0.15, -0.1) is 0 Å². The van der Waals surface area contributed by atoms with E-state index in [1.807, 2.05) is 12.2 Å². The smallest absolute Gasteiger partial charge is 0.286 e. The van der Waals surface area contributed by atoms with Gasteiger partial charge in [0.15, 0.2) is 0 Å². The Morgan fingerprint density at radius 3 is 2.90 bits per heavy atom. The summed E-state index contributed by atoms with van der Waals surface area (Å²) < 4.78 is 0. The van der Waals surface area contributed by atoms with Crippen LogP contribution in [-0.4, -0.2) is 34.8 Å². The topological polar surface area (TPSA) is 77.2 Å². The average molecular weight is 427 g/mol. The number of amides is 2. The number of carbonyl (C=O) groups is 2. The van der Waals surface area contributed by atoms with Gasteiger partial charge < -0.3 is 9.88 Å². The number of unbranched alkanes of at least 4 members (excludes halogenated alkanes) is 3. The molecular formula is C23H27ClN4O2. The van der Waals surface area contributed by atoms with Gasteiger partial charge in [0.2, 0.25) is 0 Å². The monoisotopic (exact) mass is 426 g/mol. The third kappa shape index (κ3) is 6.26. The number of halogens is 1. The highest BCUT2D eigenvalue weighted by Gasteiger charge is 2.10. The predicted molar refractivity (Wildman–Crippen MR) is 121 cm³/mol. The molecule has 0 fully saturated rings. The van der Waals surface area contributed by atoms with Crippen molar-refractivity contribution in [3.63, 3.8) is 0 Å². The van der Waals surface area contributed by atoms with E-state index >= 15 is 0 Å². The Morgan fingerprint density at radius 2 is 2.07 bits per heavy atom. The zero-order valence-corrected chi connectivity index (χ0v) is 17.8. The van der Waals surface area contributed by atoms with Crippen LogP contribution in [0.3, 0.4) is 0 Å². The van der Waals surface area contributed by atoms with Crippen LogP contribution in [0.4, 0.5) is 0 Å². The molecule has 6 nitrogen and oxygen atoms in total. The highest BCUT2D eigenvalue weighted by molar-refractivity contribution is 6.31. The Morgan fingerprint density at radius 1 is 1.20 bits per heavy atom. The van der Waals surface area contributed by atoms with Crippen molar-refractivity contribution in [2.45, 2.75) is 32.6 Å². The van der Waals surface area contributed by atoms with Gasteiger partial charge in [-0.2, -0.15) is 0 Å². The summed E-state index contributed by atoms with van der Waals surface area (Å²) in [7, 11) is 0. The van der Waals surface area contributed by atoms with Crippen LogP contribution in [0.1, 0.15) is 43.1 Å². The summed E-state index contributed by atoms with van der Waals surface area (Å²) >= 11 is 5.96. The molecule has 3 N–H and O–H groups in total. The highest BCUT2D eigenvalue weighted by atomic mass is 35.5. The Hall–Kier alpha value is -2.99. The minimum atomic E-state index is -0.429. The standard InChI is InChI=1S/C23H27ClN4O2/c1-2-3-4-5-12-28-13-6-7-17(16-28)8-11-22(29)26-27-23(30)21-15-18-14-19(24)9-10-20(18)25-21/h6-11,13-15,25H,2-5,12,16H2,1H3,(H,26,29)(H,27,30)/b11-8+. The number of hydrogen-bond acceptors (Lipinski definition) is 3. The molecule has 0 atom stereocenters. The molecule has 158 valence electrons. The molecular weight excluding hydrogens is 400 g/mol. The van der Waals surface area contributed by atoms with Crippen molar-refractivity contribution in [3.05, 3.63) is 71.1 Å². The number of rotatable bonds is 8. The lowest BCUT2D eigenvalue weighted by Gasteiger charge is -2.23. The van der Waals surface area contributed by atoms with Crippen LogP contribution in [0.15, 0.2) is 60.3 Å². The Balaban J connectivity index is 1.45. The first kappa shape index (κ1) is 21.7. The van der Waals surface area contributed by atoms with Crippen molar-refractivity contribution in [1.82, 2.24) is 20.7 Å². The molecule has 3 rings (SSSR count). The molecule has 2 aromatic rings. The fourth-order valence-corrected chi connectivity index (χ4v) is 3.45. The predicted octanol–water partition coefficient (Wildman–Crippen LogP) is 4.47. The normalized spacial score (nSPS) is 13.7. The zero-order valence-electron chi connectivity index (χ0n) is 17.1. The summed E-state index contributed by atoms with van der Waals surface area (Å²) in [5.41, 5.74) is 7.00. The highest BCUT2D eigenvalue weighted by Crippen LogP contribution is 2.20. The summed E-state index contributed by atoms with van der Waals surface area (Å²) in [6.45, 7) is 3.99. The average Bonchev–Trinajstić information content (AvgIpc) is 3.17. The van der Waals surface area contributed by atoms with Crippen molar-refractivity contribution in [2.24, 2.45) is 0 Å². The molecule has 2 amide bonds. The zero-order chi connectivity index (χ0) is 21.3. The maximum Gasteiger partial charge on any atom is 0.286 e. The Kier molecular flexibility index (Phi) is 7.74. The molecule has 1 aliphatic heterocycles. The summed E-state index contributed by atoms with van der Waals surface area (Å²) in [5, 5.41) is 1.42. The number of carbonyl (C=O) groups excluding carboxylic acids is 2. The second-order valence-electron chi connectivity index (χ2n) is 7.31. The largest absolute Gasteiger partial charge is 0.373 e. The lowest BCUT2D eigenvalue weighted by atomic mass is 10.1. The number of nitrogens with zero attached hydrogens (tertiary/aromatic N) is 1. The number of allylic oxidation sites excluding steroid dienone is 2. The van der Waals surface area contributed by atoms with E-state index < -0.39 is 11.8 Å². The van der Waals surface area contributed by atoms with Crippen molar-refractivity contribution >= 4 is 34.3 Å². The molecule has 0 unspecified atom stereocenters. The van der Waals surface area contributed by atoms with Gasteiger partial charge in [0.25, 0.3) is 11.8 Å². The third-order valence-electron chi connectivity index (χ3n) is 4.87. The molecule has 0 spiro atoms. The fraction of sp³-hybridized carbons (Fsp3) is 0.304. The van der Waals surface area contributed by atoms with Crippen molar-refractivity contribution in [1.29, 1.82) is 0 Å². The lowest BCUT2D eigenvalue weighted by molar-refractivity contribution is -0.117. The summed E-state index contributed by atoms with van der Waals surface area (Å²) in [6, 6.07) is 7.00. The van der Waals surface area contributed by atoms with E-state index in [9.17, 15) is 9.59 Å². The second-order valence-corrected chi connectivity index (χ2v) is 7.74. The van der Waals surface area contributed by atoms with Crippen molar-refractivity contribution in [2.75, 3.05) is 13.1 Å². The van der Waals surface area contributed by atoms with Gasteiger partial charge in [0.1, 0.15) is 5.69 Å². The van der Waals surface area contributed by atoms with Gasteiger partial charge in [0, 0.05) is 35.1 Å². The third-order valence-corrected chi connectivity index (χ3v) is 5.10. The van der Waals surface area contributed by atoms with Crippen molar-refractivity contribution < 1.29 is 9.59 Å². The molecule has 2 heterocycles. The molecule has 7 heteroatoms. The molecule has 30 heavy (non-hydrogen) atoms. The fourth-order valence-electron chi connectivity index (χ4n) is 3.27. The Bertz CT molecular complexity index is 990. The molecule has 1 aromatic heterocycles. The van der Waals surface area contributed by atoms with Gasteiger partial charge in [-0.1, -0.05) is 49.9 Å². The minimum Gasteiger partial charge on any atom is -0.373 e. The van der Waals surface area contributed by atoms with Crippen LogP contribution in [0, 0.1) is 0 Å². The molecule has 0 saturated heterocycles. The first-order chi connectivity index (χ1) is 14.5. The maximum atomic E-state index is 12.3. The maximum absolute atomic E-state index is 12.3. The van der Waals surface area contributed by atoms with Crippen LogP contribution in [0.5, 0.6) is 0 Å². The van der Waals surface area contributed by atoms with Gasteiger partial charge in [-0.25, -0.2) is 0 Å². The quantitative estimate of drug-likeness (QED) is 0.331. The number of hydrogen-bond donors (Lipinski definition) is 3. The molecule has 0 bridgehead atoms. The van der Waals surface area contributed by atoms with E-state index in [1.54, 1.807) is 30.3 Å². The van der Waals surface area contributed by atoms with E-state index in [2.05, 4.69) is 33.9 Å². The van der Waals surface area contributed by atoms with Crippen LogP contribution >= 0.6 is 11.6 Å². The summed E-state index contributed by atoms with van der Waals surface area (Å²) in [4.78, 5) is 29.6. The number of nitrogens with one attached hydrogen (secondary N) is 3. The number of H-pyrrole nitrogens is 1. The number of aromatic nitrogens is 1. The van der Waals surface area contributed by atoms with E-state index in [4.69, 9.17) is 11.6 Å². The molecule has 1 aromatic carbocycles. The number of fused-ring (bicyclic) bond motifs is 1. The summed E-state index contributed by atoms with van der Waals surface area (Å²) in [5.74, 6) is -0.824. The second kappa shape index (κ2) is 10.7. The molecule has 0 radical (unpaired) electrons. The molecule has 0 saturated carbocycles. The van der Waals surface area contributed by atoms with Gasteiger partial charge in [-0.3, -0.25) is 20.4 Å². The lowest BCUT2D eigenvalue weighted by Crippen LogP contribution is -2.41. The van der Waals surface area contributed by atoms with Gasteiger partial charge in [-0.05, 0) is 48.5 Å². The molecule has 1 aliphatic rings. The Labute approximate surface area is 181 Å². The van der Waals surface area contributed by atoms with Crippen LogP contribution in [0.25, 0.3) is 10.9 Å². The van der Waals surface area contributed by atoms with E-state index in [1.165, 1.54) is 31.8 Å².